The molecule has 0 spiro atoms. The van der Waals surface area contributed by atoms with E-state index in [0.717, 1.165) is 0 Å². The van der Waals surface area contributed by atoms with Gasteiger partial charge in [-0.15, -0.1) is 0 Å². The Labute approximate surface area is 130 Å². The number of hydrogen-bond donors (Lipinski definition) is 2. The van der Waals surface area contributed by atoms with Gasteiger partial charge in [-0.25, -0.2) is 0 Å². The van der Waals surface area contributed by atoms with Crippen molar-refractivity contribution in [1.82, 2.24) is 5.32 Å². The van der Waals surface area contributed by atoms with Crippen LogP contribution >= 0.6 is 11.6 Å². The molecule has 2 rings (SSSR count). The Balaban J connectivity index is 1.75. The minimum atomic E-state index is -0.590. The van der Waals surface area contributed by atoms with Crippen LogP contribution in [0.1, 0.15) is 18.5 Å². The first-order valence-electron chi connectivity index (χ1n) is 7.00. The molecule has 112 valence electrons. The summed E-state index contributed by atoms with van der Waals surface area (Å²) in [6.07, 6.45) is -0.590. The van der Waals surface area contributed by atoms with E-state index >= 15 is 0 Å². The molecule has 0 bridgehead atoms. The van der Waals surface area contributed by atoms with Gasteiger partial charge in [0.05, 0.1) is 5.02 Å². The van der Waals surface area contributed by atoms with Gasteiger partial charge < -0.3 is 15.2 Å². The number of aliphatic hydroxyl groups is 1. The first kappa shape index (κ1) is 15.8. The third-order valence-electron chi connectivity index (χ3n) is 3.23. The lowest BCUT2D eigenvalue weighted by Gasteiger charge is -2.18. The molecular weight excluding hydrogens is 286 g/mol. The Bertz CT molecular complexity index is 547. The van der Waals surface area contributed by atoms with E-state index in [4.69, 9.17) is 16.3 Å². The zero-order chi connectivity index (χ0) is 15.1. The molecular formula is C17H20ClNO2. The number of benzene rings is 2. The predicted octanol–water partition coefficient (Wildman–Crippen LogP) is 3.43. The summed E-state index contributed by atoms with van der Waals surface area (Å²) in [5.74, 6) is 0.592. The van der Waals surface area contributed by atoms with Gasteiger partial charge in [0.1, 0.15) is 18.5 Å². The molecule has 0 saturated heterocycles. The summed E-state index contributed by atoms with van der Waals surface area (Å²) in [6, 6.07) is 17.5. The van der Waals surface area contributed by atoms with Gasteiger partial charge in [0.15, 0.2) is 0 Å². The van der Waals surface area contributed by atoms with Crippen molar-refractivity contribution in [3.63, 3.8) is 0 Å². The summed E-state index contributed by atoms with van der Waals surface area (Å²) in [6.45, 7) is 2.73. The summed E-state index contributed by atoms with van der Waals surface area (Å²) in [5.41, 5.74) is 1.19. The first-order valence-corrected chi connectivity index (χ1v) is 7.38. The van der Waals surface area contributed by atoms with Gasteiger partial charge in [-0.3, -0.25) is 0 Å². The van der Waals surface area contributed by atoms with Crippen LogP contribution in [0.2, 0.25) is 5.02 Å². The molecule has 0 saturated carbocycles. The Morgan fingerprint density at radius 2 is 1.76 bits per heavy atom. The van der Waals surface area contributed by atoms with E-state index in [1.54, 1.807) is 12.1 Å². The zero-order valence-corrected chi connectivity index (χ0v) is 12.8. The smallest absolute Gasteiger partial charge is 0.138 e. The normalized spacial score (nSPS) is 13.7. The minimum Gasteiger partial charge on any atom is -0.489 e. The second-order valence-corrected chi connectivity index (χ2v) is 5.34. The molecule has 0 unspecified atom stereocenters. The Morgan fingerprint density at radius 3 is 2.48 bits per heavy atom. The third kappa shape index (κ3) is 5.05. The first-order chi connectivity index (χ1) is 10.2. The molecule has 4 heteroatoms. The highest BCUT2D eigenvalue weighted by atomic mass is 35.5. The molecule has 2 atom stereocenters. The second-order valence-electron chi connectivity index (χ2n) is 4.94. The zero-order valence-electron chi connectivity index (χ0n) is 12.0. The van der Waals surface area contributed by atoms with E-state index < -0.39 is 6.10 Å². The standard InChI is InChI=1S/C17H20ClNO2/c1-13(14-7-3-2-4-8-14)19-11-15(20)12-21-17-10-6-5-9-16(17)18/h2-10,13,15,19-20H,11-12H2,1H3/t13-,15-/m0/s1. The molecule has 0 aliphatic rings. The summed E-state index contributed by atoms with van der Waals surface area (Å²) >= 11 is 5.99. The fourth-order valence-electron chi connectivity index (χ4n) is 1.98. The van der Waals surface area contributed by atoms with Gasteiger partial charge in [0.25, 0.3) is 0 Å². The van der Waals surface area contributed by atoms with Crippen LogP contribution in [0.4, 0.5) is 0 Å². The van der Waals surface area contributed by atoms with Crippen LogP contribution in [0, 0.1) is 0 Å². The van der Waals surface area contributed by atoms with Crippen molar-refractivity contribution in [2.75, 3.05) is 13.2 Å². The van der Waals surface area contributed by atoms with E-state index in [9.17, 15) is 5.11 Å². The average Bonchev–Trinajstić information content (AvgIpc) is 2.52. The molecule has 0 fully saturated rings. The molecule has 0 aliphatic carbocycles. The van der Waals surface area contributed by atoms with Crippen LogP contribution in [0.25, 0.3) is 0 Å². The molecule has 2 aromatic carbocycles. The largest absolute Gasteiger partial charge is 0.489 e. The molecule has 0 aliphatic heterocycles. The SMILES string of the molecule is C[C@H](NC[C@H](O)COc1ccccc1Cl)c1ccccc1. The number of ether oxygens (including phenoxy) is 1. The minimum absolute atomic E-state index is 0.182. The number of aliphatic hydroxyl groups excluding tert-OH is 1. The van der Waals surface area contributed by atoms with Crippen molar-refractivity contribution in [3.05, 3.63) is 65.2 Å². The lowest BCUT2D eigenvalue weighted by atomic mass is 10.1. The fourth-order valence-corrected chi connectivity index (χ4v) is 2.17. The van der Waals surface area contributed by atoms with Crippen LogP contribution in [0.5, 0.6) is 5.75 Å². The van der Waals surface area contributed by atoms with Gasteiger partial charge in [0, 0.05) is 12.6 Å². The van der Waals surface area contributed by atoms with Gasteiger partial charge >= 0.3 is 0 Å². The number of nitrogens with one attached hydrogen (secondary N) is 1. The van der Waals surface area contributed by atoms with E-state index in [0.29, 0.717) is 17.3 Å². The number of rotatable bonds is 7. The van der Waals surface area contributed by atoms with Crippen molar-refractivity contribution < 1.29 is 9.84 Å². The van der Waals surface area contributed by atoms with Crippen LogP contribution in [0.15, 0.2) is 54.6 Å². The Morgan fingerprint density at radius 1 is 1.10 bits per heavy atom. The van der Waals surface area contributed by atoms with E-state index in [1.807, 2.05) is 30.3 Å². The van der Waals surface area contributed by atoms with Gasteiger partial charge in [-0.1, -0.05) is 54.1 Å². The van der Waals surface area contributed by atoms with Crippen molar-refractivity contribution in [1.29, 1.82) is 0 Å². The second kappa shape index (κ2) is 8.03. The molecule has 0 aromatic heterocycles. The lowest BCUT2D eigenvalue weighted by molar-refractivity contribution is 0.104. The van der Waals surface area contributed by atoms with E-state index in [2.05, 4.69) is 24.4 Å². The Hall–Kier alpha value is -1.55. The van der Waals surface area contributed by atoms with Crippen LogP contribution in [-0.4, -0.2) is 24.4 Å². The lowest BCUT2D eigenvalue weighted by Crippen LogP contribution is -2.33. The maximum atomic E-state index is 9.97. The monoisotopic (exact) mass is 305 g/mol. The quantitative estimate of drug-likeness (QED) is 0.823. The summed E-state index contributed by atoms with van der Waals surface area (Å²) in [5, 5.41) is 13.8. The molecule has 0 radical (unpaired) electrons. The van der Waals surface area contributed by atoms with Crippen LogP contribution in [0.3, 0.4) is 0 Å². The van der Waals surface area contributed by atoms with Gasteiger partial charge in [0.2, 0.25) is 0 Å². The van der Waals surface area contributed by atoms with Crippen LogP contribution < -0.4 is 10.1 Å². The van der Waals surface area contributed by atoms with Crippen LogP contribution in [-0.2, 0) is 0 Å². The highest BCUT2D eigenvalue weighted by Gasteiger charge is 2.10. The molecule has 0 amide bonds. The predicted molar refractivity (Wildman–Crippen MR) is 85.8 cm³/mol. The summed E-state index contributed by atoms with van der Waals surface area (Å²) in [4.78, 5) is 0. The highest BCUT2D eigenvalue weighted by molar-refractivity contribution is 6.32. The van der Waals surface area contributed by atoms with Gasteiger partial charge in [-0.2, -0.15) is 0 Å². The van der Waals surface area contributed by atoms with Gasteiger partial charge in [-0.05, 0) is 24.6 Å². The number of hydrogen-bond acceptors (Lipinski definition) is 3. The van der Waals surface area contributed by atoms with E-state index in [1.165, 1.54) is 5.56 Å². The topological polar surface area (TPSA) is 41.5 Å². The van der Waals surface area contributed by atoms with Crippen molar-refractivity contribution >= 4 is 11.6 Å². The van der Waals surface area contributed by atoms with Crippen molar-refractivity contribution in [2.24, 2.45) is 0 Å². The van der Waals surface area contributed by atoms with E-state index in [-0.39, 0.29) is 12.6 Å². The molecule has 2 aromatic rings. The maximum absolute atomic E-state index is 9.97. The van der Waals surface area contributed by atoms with Crippen molar-refractivity contribution in [2.45, 2.75) is 19.1 Å². The van der Waals surface area contributed by atoms with Crippen molar-refractivity contribution in [3.8, 4) is 5.75 Å². The fraction of sp³-hybridized carbons (Fsp3) is 0.294. The average molecular weight is 306 g/mol. The summed E-state index contributed by atoms with van der Waals surface area (Å²) < 4.78 is 5.51. The molecule has 2 N–H and O–H groups in total. The highest BCUT2D eigenvalue weighted by Crippen LogP contribution is 2.23. The number of halogens is 1. The third-order valence-corrected chi connectivity index (χ3v) is 3.54. The summed E-state index contributed by atoms with van der Waals surface area (Å²) in [7, 11) is 0. The Kier molecular flexibility index (Phi) is 6.05. The maximum Gasteiger partial charge on any atom is 0.138 e. The number of para-hydroxylation sites is 1. The molecule has 3 nitrogen and oxygen atoms in total. The molecule has 0 heterocycles. The molecule has 21 heavy (non-hydrogen) atoms.